The van der Waals surface area contributed by atoms with Gasteiger partial charge in [-0.3, -0.25) is 0 Å². The Hall–Kier alpha value is -2.42. The topological polar surface area (TPSA) is 37.8 Å². The molecule has 0 radical (unpaired) electrons. The summed E-state index contributed by atoms with van der Waals surface area (Å²) < 4.78 is 0. The fourth-order valence-corrected chi connectivity index (χ4v) is 2.29. The third-order valence-electron chi connectivity index (χ3n) is 3.50. The van der Waals surface area contributed by atoms with E-state index in [1.54, 1.807) is 6.20 Å². The molecule has 0 aliphatic carbocycles. The van der Waals surface area contributed by atoms with E-state index in [0.717, 1.165) is 16.6 Å². The molecular formula is C17H17N3. The first-order valence-electron chi connectivity index (χ1n) is 6.77. The Bertz CT molecular complexity index is 714. The average Bonchev–Trinajstić information content (AvgIpc) is 2.48. The molecule has 0 saturated carbocycles. The lowest BCUT2D eigenvalue weighted by atomic mass is 10.1. The number of aromatic nitrogens is 2. The van der Waals surface area contributed by atoms with Gasteiger partial charge in [0, 0.05) is 11.4 Å². The molecule has 1 unspecified atom stereocenters. The van der Waals surface area contributed by atoms with E-state index in [9.17, 15) is 0 Å². The number of hydrogen-bond acceptors (Lipinski definition) is 3. The summed E-state index contributed by atoms with van der Waals surface area (Å²) in [6, 6.07) is 16.8. The Balaban J connectivity index is 1.91. The average molecular weight is 263 g/mol. The predicted molar refractivity (Wildman–Crippen MR) is 82.8 cm³/mol. The van der Waals surface area contributed by atoms with E-state index in [0.29, 0.717) is 0 Å². The van der Waals surface area contributed by atoms with Crippen molar-refractivity contribution in [1.29, 1.82) is 0 Å². The number of nitrogens with one attached hydrogen (secondary N) is 1. The quantitative estimate of drug-likeness (QED) is 0.772. The third-order valence-corrected chi connectivity index (χ3v) is 3.50. The molecule has 2 aromatic carbocycles. The maximum absolute atomic E-state index is 4.14. The monoisotopic (exact) mass is 263 g/mol. The van der Waals surface area contributed by atoms with Crippen molar-refractivity contribution in [3.8, 4) is 0 Å². The van der Waals surface area contributed by atoms with Crippen molar-refractivity contribution in [3.63, 3.8) is 0 Å². The molecule has 1 atom stereocenters. The number of fused-ring (bicyclic) bond motifs is 1. The first kappa shape index (κ1) is 12.6. The van der Waals surface area contributed by atoms with E-state index in [1.165, 1.54) is 11.1 Å². The summed E-state index contributed by atoms with van der Waals surface area (Å²) in [6.45, 7) is 4.25. The lowest BCUT2D eigenvalue weighted by Gasteiger charge is -2.16. The molecule has 3 aromatic rings. The molecule has 0 fully saturated rings. The van der Waals surface area contributed by atoms with Crippen LogP contribution in [0.5, 0.6) is 0 Å². The minimum absolute atomic E-state index is 0.225. The second-order valence-electron chi connectivity index (χ2n) is 5.05. The van der Waals surface area contributed by atoms with E-state index >= 15 is 0 Å². The summed E-state index contributed by atoms with van der Waals surface area (Å²) in [5.74, 6) is 0. The zero-order valence-electron chi connectivity index (χ0n) is 11.7. The van der Waals surface area contributed by atoms with Crippen molar-refractivity contribution in [2.45, 2.75) is 19.9 Å². The molecule has 0 spiro atoms. The molecule has 20 heavy (non-hydrogen) atoms. The molecule has 1 aromatic heterocycles. The molecule has 0 saturated heterocycles. The van der Waals surface area contributed by atoms with Crippen LogP contribution < -0.4 is 5.32 Å². The zero-order valence-corrected chi connectivity index (χ0v) is 11.7. The van der Waals surface area contributed by atoms with Crippen molar-refractivity contribution in [2.24, 2.45) is 0 Å². The Morgan fingerprint density at radius 3 is 2.55 bits per heavy atom. The fourth-order valence-electron chi connectivity index (χ4n) is 2.29. The van der Waals surface area contributed by atoms with Crippen LogP contribution in [0.3, 0.4) is 0 Å². The van der Waals surface area contributed by atoms with Gasteiger partial charge in [0.1, 0.15) is 0 Å². The summed E-state index contributed by atoms with van der Waals surface area (Å²) in [6.07, 6.45) is 1.78. The van der Waals surface area contributed by atoms with Crippen LogP contribution in [0, 0.1) is 6.92 Å². The summed E-state index contributed by atoms with van der Waals surface area (Å²) in [7, 11) is 0. The highest BCUT2D eigenvalue weighted by Crippen LogP contribution is 2.24. The van der Waals surface area contributed by atoms with E-state index in [4.69, 9.17) is 0 Å². The number of benzene rings is 2. The maximum atomic E-state index is 4.14. The van der Waals surface area contributed by atoms with E-state index in [-0.39, 0.29) is 6.04 Å². The van der Waals surface area contributed by atoms with Gasteiger partial charge in [0.2, 0.25) is 0 Å². The molecule has 100 valence electrons. The van der Waals surface area contributed by atoms with Gasteiger partial charge in [-0.2, -0.15) is 10.2 Å². The fraction of sp³-hybridized carbons (Fsp3) is 0.176. The minimum Gasteiger partial charge on any atom is -0.377 e. The van der Waals surface area contributed by atoms with Crippen LogP contribution in [0.4, 0.5) is 5.69 Å². The highest BCUT2D eigenvalue weighted by Gasteiger charge is 2.08. The first-order chi connectivity index (χ1) is 9.74. The molecule has 3 heteroatoms. The number of hydrogen-bond donors (Lipinski definition) is 1. The van der Waals surface area contributed by atoms with Crippen LogP contribution >= 0.6 is 0 Å². The van der Waals surface area contributed by atoms with Crippen LogP contribution in [0.25, 0.3) is 10.9 Å². The van der Waals surface area contributed by atoms with Crippen molar-refractivity contribution in [3.05, 3.63) is 65.9 Å². The van der Waals surface area contributed by atoms with Crippen molar-refractivity contribution < 1.29 is 0 Å². The van der Waals surface area contributed by atoms with Crippen LogP contribution in [-0.4, -0.2) is 10.2 Å². The SMILES string of the molecule is Cc1ccc(C(C)Nc2cnnc3ccccc23)cc1. The Labute approximate surface area is 118 Å². The minimum atomic E-state index is 0.225. The summed E-state index contributed by atoms with van der Waals surface area (Å²) in [4.78, 5) is 0. The second-order valence-corrected chi connectivity index (χ2v) is 5.05. The Morgan fingerprint density at radius 1 is 1.00 bits per heavy atom. The van der Waals surface area contributed by atoms with E-state index < -0.39 is 0 Å². The Morgan fingerprint density at radius 2 is 1.75 bits per heavy atom. The molecule has 3 rings (SSSR count). The van der Waals surface area contributed by atoms with Gasteiger partial charge in [0.15, 0.2) is 0 Å². The summed E-state index contributed by atoms with van der Waals surface area (Å²) >= 11 is 0. The summed E-state index contributed by atoms with van der Waals surface area (Å²) in [5.41, 5.74) is 4.46. The van der Waals surface area contributed by atoms with E-state index in [2.05, 4.69) is 59.7 Å². The van der Waals surface area contributed by atoms with Gasteiger partial charge in [-0.15, -0.1) is 0 Å². The van der Waals surface area contributed by atoms with Gasteiger partial charge in [0.25, 0.3) is 0 Å². The molecule has 0 aliphatic heterocycles. The van der Waals surface area contributed by atoms with Gasteiger partial charge < -0.3 is 5.32 Å². The lowest BCUT2D eigenvalue weighted by Crippen LogP contribution is -2.07. The van der Waals surface area contributed by atoms with Crippen molar-refractivity contribution in [1.82, 2.24) is 10.2 Å². The van der Waals surface area contributed by atoms with Crippen LogP contribution in [0.2, 0.25) is 0 Å². The number of anilines is 1. The number of rotatable bonds is 3. The second kappa shape index (κ2) is 5.29. The molecule has 0 bridgehead atoms. The number of nitrogens with zero attached hydrogens (tertiary/aromatic N) is 2. The van der Waals surface area contributed by atoms with E-state index in [1.807, 2.05) is 18.2 Å². The van der Waals surface area contributed by atoms with Gasteiger partial charge >= 0.3 is 0 Å². The van der Waals surface area contributed by atoms with Gasteiger partial charge in [0.05, 0.1) is 17.4 Å². The highest BCUT2D eigenvalue weighted by atomic mass is 15.1. The normalized spacial score (nSPS) is 12.3. The summed E-state index contributed by atoms with van der Waals surface area (Å²) in [5, 5.41) is 12.8. The third kappa shape index (κ3) is 2.48. The number of aryl methyl sites for hydroxylation is 1. The van der Waals surface area contributed by atoms with Gasteiger partial charge in [-0.25, -0.2) is 0 Å². The molecule has 1 heterocycles. The standard InChI is InChI=1S/C17H17N3/c1-12-7-9-14(10-8-12)13(2)19-17-11-18-20-16-6-4-3-5-15(16)17/h3-11,13H,1-2H3,(H,19,20). The van der Waals surface area contributed by atoms with Crippen LogP contribution in [-0.2, 0) is 0 Å². The van der Waals surface area contributed by atoms with Crippen LogP contribution in [0.15, 0.2) is 54.7 Å². The Kier molecular flexibility index (Phi) is 3.33. The first-order valence-corrected chi connectivity index (χ1v) is 6.77. The lowest BCUT2D eigenvalue weighted by molar-refractivity contribution is 0.882. The van der Waals surface area contributed by atoms with Gasteiger partial charge in [-0.1, -0.05) is 48.0 Å². The van der Waals surface area contributed by atoms with Gasteiger partial charge in [-0.05, 0) is 25.5 Å². The van der Waals surface area contributed by atoms with Crippen molar-refractivity contribution >= 4 is 16.6 Å². The van der Waals surface area contributed by atoms with Crippen molar-refractivity contribution in [2.75, 3.05) is 5.32 Å². The molecular weight excluding hydrogens is 246 g/mol. The zero-order chi connectivity index (χ0) is 13.9. The van der Waals surface area contributed by atoms with Crippen LogP contribution in [0.1, 0.15) is 24.1 Å². The molecule has 0 aliphatic rings. The largest absolute Gasteiger partial charge is 0.377 e. The highest BCUT2D eigenvalue weighted by molar-refractivity contribution is 5.90. The predicted octanol–water partition coefficient (Wildman–Crippen LogP) is 4.11. The molecule has 3 nitrogen and oxygen atoms in total. The molecule has 0 amide bonds. The maximum Gasteiger partial charge on any atom is 0.0950 e. The smallest absolute Gasteiger partial charge is 0.0950 e. The molecule has 1 N–H and O–H groups in total.